The molecule has 0 saturated carbocycles. The fourth-order valence-corrected chi connectivity index (χ4v) is 1.92. The summed E-state index contributed by atoms with van der Waals surface area (Å²) in [6.45, 7) is 2.58. The molecule has 0 radical (unpaired) electrons. The second kappa shape index (κ2) is 6.82. The van der Waals surface area contributed by atoms with Crippen LogP contribution in [0.5, 0.6) is 0 Å². The van der Waals surface area contributed by atoms with Gasteiger partial charge in [0.15, 0.2) is 0 Å². The molecule has 0 aromatic heterocycles. The van der Waals surface area contributed by atoms with Crippen molar-refractivity contribution in [2.24, 2.45) is 0 Å². The Morgan fingerprint density at radius 1 is 1.29 bits per heavy atom. The zero-order chi connectivity index (χ0) is 12.8. The minimum Gasteiger partial charge on any atom is -0.336 e. The van der Waals surface area contributed by atoms with Gasteiger partial charge in [0.05, 0.1) is 0 Å². The Kier molecular flexibility index (Phi) is 5.72. The molecule has 1 aromatic rings. The Hall–Kier alpha value is -0.800. The number of carbonyl (C=O) groups is 1. The van der Waals surface area contributed by atoms with Gasteiger partial charge in [0.1, 0.15) is 5.82 Å². The minimum atomic E-state index is -0.421. The zero-order valence-electron chi connectivity index (χ0n) is 9.55. The molecule has 1 aromatic carbocycles. The molecule has 0 N–H and O–H groups in total. The van der Waals surface area contributed by atoms with Crippen molar-refractivity contribution in [1.29, 1.82) is 0 Å². The summed E-state index contributed by atoms with van der Waals surface area (Å²) in [5.74, 6) is 0.00695. The molecule has 0 aliphatic carbocycles. The molecule has 0 fully saturated rings. The number of aryl methyl sites for hydroxylation is 1. The van der Waals surface area contributed by atoms with Crippen molar-refractivity contribution in [2.75, 3.05) is 24.8 Å². The summed E-state index contributed by atoms with van der Waals surface area (Å²) in [6, 6.07) is 4.16. The first-order valence-electron chi connectivity index (χ1n) is 5.27. The van der Waals surface area contributed by atoms with Gasteiger partial charge in [-0.3, -0.25) is 4.79 Å². The minimum absolute atomic E-state index is 0.233. The maximum atomic E-state index is 13.1. The van der Waals surface area contributed by atoms with Crippen LogP contribution < -0.4 is 0 Å². The quantitative estimate of drug-likeness (QED) is 0.758. The first-order valence-corrected chi connectivity index (χ1v) is 6.34. The molecule has 17 heavy (non-hydrogen) atoms. The summed E-state index contributed by atoms with van der Waals surface area (Å²) in [7, 11) is 0. The van der Waals surface area contributed by atoms with Crippen LogP contribution in [0, 0.1) is 12.7 Å². The second-order valence-electron chi connectivity index (χ2n) is 3.63. The highest BCUT2D eigenvalue weighted by molar-refractivity contribution is 6.18. The maximum absolute atomic E-state index is 13.1. The van der Waals surface area contributed by atoms with E-state index >= 15 is 0 Å². The van der Waals surface area contributed by atoms with Gasteiger partial charge < -0.3 is 4.90 Å². The normalized spacial score (nSPS) is 10.4. The Morgan fingerprint density at radius 2 is 1.88 bits per heavy atom. The third-order valence-electron chi connectivity index (χ3n) is 2.43. The van der Waals surface area contributed by atoms with Crippen molar-refractivity contribution < 1.29 is 9.18 Å². The number of hydrogen-bond donors (Lipinski definition) is 0. The molecular weight excluding hydrogens is 264 g/mol. The smallest absolute Gasteiger partial charge is 0.254 e. The first-order chi connectivity index (χ1) is 8.10. The van der Waals surface area contributed by atoms with E-state index in [-0.39, 0.29) is 5.91 Å². The Balaban J connectivity index is 2.95. The molecule has 0 saturated heterocycles. The van der Waals surface area contributed by atoms with Crippen LogP contribution in [0.3, 0.4) is 0 Å². The number of amides is 1. The van der Waals surface area contributed by atoms with E-state index in [4.69, 9.17) is 23.2 Å². The van der Waals surface area contributed by atoms with E-state index in [1.54, 1.807) is 13.0 Å². The summed E-state index contributed by atoms with van der Waals surface area (Å²) >= 11 is 11.2. The Bertz CT molecular complexity index is 392. The summed E-state index contributed by atoms with van der Waals surface area (Å²) in [4.78, 5) is 13.7. The van der Waals surface area contributed by atoms with E-state index < -0.39 is 5.82 Å². The van der Waals surface area contributed by atoms with E-state index in [1.807, 2.05) is 0 Å². The lowest BCUT2D eigenvalue weighted by Gasteiger charge is -2.21. The molecule has 2 nitrogen and oxygen atoms in total. The number of hydrogen-bond acceptors (Lipinski definition) is 1. The van der Waals surface area contributed by atoms with Gasteiger partial charge in [-0.1, -0.05) is 6.07 Å². The molecule has 0 bridgehead atoms. The van der Waals surface area contributed by atoms with E-state index in [0.717, 1.165) is 5.56 Å². The van der Waals surface area contributed by atoms with Crippen molar-refractivity contribution in [1.82, 2.24) is 4.90 Å². The van der Waals surface area contributed by atoms with E-state index in [2.05, 4.69) is 0 Å². The third kappa shape index (κ3) is 3.86. The highest BCUT2D eigenvalue weighted by atomic mass is 35.5. The largest absolute Gasteiger partial charge is 0.336 e. The molecule has 0 unspecified atom stereocenters. The molecule has 0 aliphatic rings. The topological polar surface area (TPSA) is 20.3 Å². The highest BCUT2D eigenvalue weighted by Crippen LogP contribution is 2.13. The standard InChI is InChI=1S/C12H14Cl2FNO/c1-9-2-3-10(15)8-11(9)12(17)16(6-4-13)7-5-14/h2-3,8H,4-7H2,1H3. The average Bonchev–Trinajstić information content (AvgIpc) is 2.31. The van der Waals surface area contributed by atoms with Crippen LogP contribution in [-0.2, 0) is 0 Å². The number of nitrogens with zero attached hydrogens (tertiary/aromatic N) is 1. The highest BCUT2D eigenvalue weighted by Gasteiger charge is 2.17. The molecule has 0 atom stereocenters. The first kappa shape index (κ1) is 14.3. The van der Waals surface area contributed by atoms with Crippen LogP contribution in [-0.4, -0.2) is 35.7 Å². The number of alkyl halides is 2. The van der Waals surface area contributed by atoms with Crippen LogP contribution in [0.4, 0.5) is 4.39 Å². The third-order valence-corrected chi connectivity index (χ3v) is 2.76. The molecule has 1 amide bonds. The van der Waals surface area contributed by atoms with Crippen molar-refractivity contribution >= 4 is 29.1 Å². The van der Waals surface area contributed by atoms with Crippen LogP contribution in [0.15, 0.2) is 18.2 Å². The molecule has 0 heterocycles. The van der Waals surface area contributed by atoms with E-state index in [0.29, 0.717) is 30.4 Å². The summed E-state index contributed by atoms with van der Waals surface area (Å²) in [5.41, 5.74) is 1.10. The van der Waals surface area contributed by atoms with Crippen molar-refractivity contribution in [2.45, 2.75) is 6.92 Å². The van der Waals surface area contributed by atoms with Crippen molar-refractivity contribution in [3.8, 4) is 0 Å². The molecular formula is C12H14Cl2FNO. The lowest BCUT2D eigenvalue weighted by molar-refractivity contribution is 0.0774. The molecule has 0 aliphatic heterocycles. The predicted molar refractivity (Wildman–Crippen MR) is 68.5 cm³/mol. The lowest BCUT2D eigenvalue weighted by atomic mass is 10.1. The van der Waals surface area contributed by atoms with Crippen LogP contribution in [0.2, 0.25) is 0 Å². The van der Waals surface area contributed by atoms with E-state index in [9.17, 15) is 9.18 Å². The van der Waals surface area contributed by atoms with Gasteiger partial charge in [-0.15, -0.1) is 23.2 Å². The van der Waals surface area contributed by atoms with Gasteiger partial charge in [-0.05, 0) is 24.6 Å². The van der Waals surface area contributed by atoms with Crippen LogP contribution in [0.25, 0.3) is 0 Å². The summed E-state index contributed by atoms with van der Waals surface area (Å²) in [5, 5.41) is 0. The second-order valence-corrected chi connectivity index (χ2v) is 4.39. The van der Waals surface area contributed by atoms with Gasteiger partial charge in [0, 0.05) is 30.4 Å². The molecule has 1 rings (SSSR count). The SMILES string of the molecule is Cc1ccc(F)cc1C(=O)N(CCCl)CCCl. The van der Waals surface area contributed by atoms with Gasteiger partial charge in [0.25, 0.3) is 5.91 Å². The van der Waals surface area contributed by atoms with Gasteiger partial charge in [0.2, 0.25) is 0 Å². The number of benzene rings is 1. The number of halogens is 3. The summed E-state index contributed by atoms with van der Waals surface area (Å²) < 4.78 is 13.1. The monoisotopic (exact) mass is 277 g/mol. The van der Waals surface area contributed by atoms with Crippen LogP contribution in [0.1, 0.15) is 15.9 Å². The molecule has 94 valence electrons. The predicted octanol–water partition coefficient (Wildman–Crippen LogP) is 3.05. The lowest BCUT2D eigenvalue weighted by Crippen LogP contribution is -2.34. The Labute approximate surface area is 110 Å². The fourth-order valence-electron chi connectivity index (χ4n) is 1.51. The summed E-state index contributed by atoms with van der Waals surface area (Å²) in [6.07, 6.45) is 0. The molecule has 5 heteroatoms. The van der Waals surface area contributed by atoms with Crippen LogP contribution >= 0.6 is 23.2 Å². The average molecular weight is 278 g/mol. The van der Waals surface area contributed by atoms with Gasteiger partial charge >= 0.3 is 0 Å². The fraction of sp³-hybridized carbons (Fsp3) is 0.417. The van der Waals surface area contributed by atoms with Crippen molar-refractivity contribution in [3.63, 3.8) is 0 Å². The zero-order valence-corrected chi connectivity index (χ0v) is 11.1. The Morgan fingerprint density at radius 3 is 2.41 bits per heavy atom. The van der Waals surface area contributed by atoms with E-state index in [1.165, 1.54) is 17.0 Å². The van der Waals surface area contributed by atoms with Gasteiger partial charge in [-0.2, -0.15) is 0 Å². The number of rotatable bonds is 5. The maximum Gasteiger partial charge on any atom is 0.254 e. The van der Waals surface area contributed by atoms with Crippen molar-refractivity contribution in [3.05, 3.63) is 35.1 Å². The number of carbonyl (C=O) groups excluding carboxylic acids is 1. The van der Waals surface area contributed by atoms with Gasteiger partial charge in [-0.25, -0.2) is 4.39 Å². The molecule has 0 spiro atoms.